The summed E-state index contributed by atoms with van der Waals surface area (Å²) in [6.45, 7) is 3.35. The van der Waals surface area contributed by atoms with E-state index < -0.39 is 11.8 Å². The van der Waals surface area contributed by atoms with Crippen LogP contribution in [0.15, 0.2) is 24.3 Å². The molecule has 2 aromatic carbocycles. The van der Waals surface area contributed by atoms with Crippen LogP contribution >= 0.6 is 0 Å². The zero-order valence-corrected chi connectivity index (χ0v) is 19.3. The Balaban J connectivity index is 2.04. The van der Waals surface area contributed by atoms with Gasteiger partial charge in [0.2, 0.25) is 6.41 Å². The van der Waals surface area contributed by atoms with E-state index in [1.807, 2.05) is 6.07 Å². The molecule has 1 aliphatic rings. The average molecular weight is 462 g/mol. The van der Waals surface area contributed by atoms with Gasteiger partial charge in [-0.3, -0.25) is 14.4 Å². The van der Waals surface area contributed by atoms with Gasteiger partial charge in [-0.15, -0.1) is 0 Å². The van der Waals surface area contributed by atoms with E-state index in [2.05, 4.69) is 21.6 Å². The smallest absolute Gasteiger partial charge is 0.251 e. The van der Waals surface area contributed by atoms with Gasteiger partial charge in [0.25, 0.3) is 5.91 Å². The topological polar surface area (TPSA) is 128 Å². The zero-order chi connectivity index (χ0) is 24.7. The van der Waals surface area contributed by atoms with Crippen LogP contribution in [0.5, 0.6) is 5.75 Å². The first-order valence-corrected chi connectivity index (χ1v) is 11.3. The summed E-state index contributed by atoms with van der Waals surface area (Å²) in [4.78, 5) is 41.2. The van der Waals surface area contributed by atoms with Crippen molar-refractivity contribution in [3.8, 4) is 11.8 Å². The Labute approximate surface area is 198 Å². The summed E-state index contributed by atoms with van der Waals surface area (Å²) >= 11 is 0. The number of amides is 2. The maximum Gasteiger partial charge on any atom is 0.251 e. The van der Waals surface area contributed by atoms with Gasteiger partial charge >= 0.3 is 0 Å². The second-order valence-corrected chi connectivity index (χ2v) is 8.51. The Morgan fingerprint density at radius 2 is 1.91 bits per heavy atom. The lowest BCUT2D eigenvalue weighted by molar-refractivity contribution is -0.209. The minimum Gasteiger partial charge on any atom is -0.349 e. The largest absolute Gasteiger partial charge is 0.349 e. The second-order valence-electron chi connectivity index (χ2n) is 8.51. The molecule has 1 fully saturated rings. The predicted molar refractivity (Wildman–Crippen MR) is 122 cm³/mol. The van der Waals surface area contributed by atoms with Crippen molar-refractivity contribution < 1.29 is 24.5 Å². The number of benzene rings is 2. The first-order chi connectivity index (χ1) is 16.4. The van der Waals surface area contributed by atoms with Crippen LogP contribution in [0.2, 0.25) is 0 Å². The molecule has 1 saturated carbocycles. The quantitative estimate of drug-likeness (QED) is 0.255. The third-order valence-corrected chi connectivity index (χ3v) is 6.37. The van der Waals surface area contributed by atoms with Gasteiger partial charge in [-0.05, 0) is 73.6 Å². The monoisotopic (exact) mass is 461 g/mol. The summed E-state index contributed by atoms with van der Waals surface area (Å²) in [7, 11) is 0. The van der Waals surface area contributed by atoms with Crippen molar-refractivity contribution in [1.29, 1.82) is 5.26 Å². The molecule has 1 atom stereocenters. The van der Waals surface area contributed by atoms with Crippen molar-refractivity contribution in [2.24, 2.45) is 0 Å². The normalized spacial score (nSPS) is 14.5. The van der Waals surface area contributed by atoms with Crippen LogP contribution in [-0.4, -0.2) is 24.1 Å². The zero-order valence-electron chi connectivity index (χ0n) is 19.3. The molecule has 8 nitrogen and oxygen atoms in total. The minimum absolute atomic E-state index is 0.0377. The SMILES string of the molecule is Cc1c(O[O])[c]c(C(=O)C(C)NC=O)c(CNC(=O)c2ccc(C#N)cc2)c1C1CCCCC1. The molecular weight excluding hydrogens is 434 g/mol. The first kappa shape index (κ1) is 24.9. The van der Waals surface area contributed by atoms with Crippen LogP contribution < -0.4 is 15.5 Å². The lowest BCUT2D eigenvalue weighted by Crippen LogP contribution is -2.35. The highest BCUT2D eigenvalue weighted by atomic mass is 17.1. The van der Waals surface area contributed by atoms with Crippen molar-refractivity contribution in [1.82, 2.24) is 10.6 Å². The van der Waals surface area contributed by atoms with Crippen molar-refractivity contribution in [2.75, 3.05) is 0 Å². The number of ketones is 1. The predicted octanol–water partition coefficient (Wildman–Crippen LogP) is 3.69. The lowest BCUT2D eigenvalue weighted by Gasteiger charge is -2.28. The summed E-state index contributed by atoms with van der Waals surface area (Å²) in [5.74, 6) is -0.729. The van der Waals surface area contributed by atoms with E-state index in [-0.39, 0.29) is 29.7 Å². The highest BCUT2D eigenvalue weighted by Gasteiger charge is 2.29. The van der Waals surface area contributed by atoms with Crippen LogP contribution in [-0.2, 0) is 16.6 Å². The van der Waals surface area contributed by atoms with E-state index in [9.17, 15) is 19.6 Å². The van der Waals surface area contributed by atoms with E-state index >= 15 is 0 Å². The number of hydrogen-bond acceptors (Lipinski definition) is 5. The molecule has 2 N–H and O–H groups in total. The van der Waals surface area contributed by atoms with Gasteiger partial charge in [0.05, 0.1) is 17.7 Å². The molecule has 2 amide bonds. The maximum atomic E-state index is 13.2. The number of hydrogen-bond donors (Lipinski definition) is 2. The maximum absolute atomic E-state index is 13.2. The standard InChI is InChI=1S/C26H27N3O5/c1-16-23(34-33)12-21(25(31)17(2)29-15-30)22(24(16)19-6-4-3-5-7-19)14-28-26(32)20-10-8-18(13-27)9-11-20/h8-11,15,17,19H,3-7,14H2,1-2H3,(H,28,32)(H,29,30). The number of carbonyl (C=O) groups is 3. The molecule has 34 heavy (non-hydrogen) atoms. The van der Waals surface area contributed by atoms with Crippen molar-refractivity contribution in [3.05, 3.63) is 63.7 Å². The first-order valence-electron chi connectivity index (χ1n) is 11.3. The number of rotatable bonds is 9. The lowest BCUT2D eigenvalue weighted by atomic mass is 9.78. The Kier molecular flexibility index (Phi) is 8.39. The molecule has 1 unspecified atom stereocenters. The Hall–Kier alpha value is -3.70. The number of nitrogens with zero attached hydrogens (tertiary/aromatic N) is 1. The molecule has 0 spiro atoms. The fraction of sp³-hybridized carbons (Fsp3) is 0.385. The summed E-state index contributed by atoms with van der Waals surface area (Å²) < 4.78 is 0. The molecule has 2 radical (unpaired) electrons. The van der Waals surface area contributed by atoms with Crippen molar-refractivity contribution in [2.45, 2.75) is 64.5 Å². The van der Waals surface area contributed by atoms with E-state index in [1.165, 1.54) is 0 Å². The molecule has 0 aromatic heterocycles. The molecule has 2 aromatic rings. The van der Waals surface area contributed by atoms with Gasteiger partial charge in [-0.2, -0.15) is 5.26 Å². The number of nitrogens with one attached hydrogen (secondary N) is 2. The van der Waals surface area contributed by atoms with Crippen LogP contribution in [0.1, 0.15) is 87.9 Å². The summed E-state index contributed by atoms with van der Waals surface area (Å²) in [6.07, 6.45) is 5.41. The molecular formula is C26H27N3O5. The molecule has 8 heteroatoms. The Morgan fingerprint density at radius 3 is 2.50 bits per heavy atom. The fourth-order valence-corrected chi connectivity index (χ4v) is 4.55. The van der Waals surface area contributed by atoms with Crippen LogP contribution in [0.25, 0.3) is 0 Å². The highest BCUT2D eigenvalue weighted by Crippen LogP contribution is 2.40. The summed E-state index contributed by atoms with van der Waals surface area (Å²) in [6, 6.07) is 10.2. The van der Waals surface area contributed by atoms with Gasteiger partial charge in [0, 0.05) is 29.0 Å². The molecule has 1 aliphatic carbocycles. The molecule has 176 valence electrons. The van der Waals surface area contributed by atoms with Gasteiger partial charge in [0.15, 0.2) is 11.5 Å². The van der Waals surface area contributed by atoms with E-state index in [1.54, 1.807) is 38.1 Å². The van der Waals surface area contributed by atoms with Gasteiger partial charge in [0.1, 0.15) is 0 Å². The van der Waals surface area contributed by atoms with Crippen LogP contribution in [0.4, 0.5) is 0 Å². The number of carbonyl (C=O) groups excluding carboxylic acids is 3. The molecule has 0 aliphatic heterocycles. The minimum atomic E-state index is -0.844. The molecule has 0 saturated heterocycles. The fourth-order valence-electron chi connectivity index (χ4n) is 4.55. The highest BCUT2D eigenvalue weighted by molar-refractivity contribution is 6.02. The van der Waals surface area contributed by atoms with E-state index in [4.69, 9.17) is 5.26 Å². The summed E-state index contributed by atoms with van der Waals surface area (Å²) in [5.41, 5.74) is 2.96. The van der Waals surface area contributed by atoms with Crippen LogP contribution in [0, 0.1) is 24.3 Å². The number of nitriles is 1. The van der Waals surface area contributed by atoms with Gasteiger partial charge in [-0.25, -0.2) is 0 Å². The van der Waals surface area contributed by atoms with Crippen molar-refractivity contribution in [3.63, 3.8) is 0 Å². The van der Waals surface area contributed by atoms with Crippen LogP contribution in [0.3, 0.4) is 0 Å². The summed E-state index contributed by atoms with van der Waals surface area (Å²) in [5, 5.41) is 25.7. The molecule has 3 rings (SSSR count). The Morgan fingerprint density at radius 1 is 1.24 bits per heavy atom. The van der Waals surface area contributed by atoms with Gasteiger partial charge in [-0.1, -0.05) is 19.3 Å². The third kappa shape index (κ3) is 5.43. The average Bonchev–Trinajstić information content (AvgIpc) is 2.87. The molecule has 0 bridgehead atoms. The third-order valence-electron chi connectivity index (χ3n) is 6.37. The second kappa shape index (κ2) is 11.4. The number of Topliss-reactive ketones (excluding diaryl/α,β-unsaturated/α-hetero) is 1. The van der Waals surface area contributed by atoms with E-state index in [0.717, 1.165) is 37.7 Å². The van der Waals surface area contributed by atoms with Gasteiger partial charge < -0.3 is 15.5 Å². The molecule has 0 heterocycles. The van der Waals surface area contributed by atoms with Crippen molar-refractivity contribution >= 4 is 18.1 Å². The van der Waals surface area contributed by atoms with E-state index in [0.29, 0.717) is 28.7 Å². The Bertz CT molecular complexity index is 1100.